The summed E-state index contributed by atoms with van der Waals surface area (Å²) < 4.78 is 7.08. The second kappa shape index (κ2) is 9.91. The number of aromatic amines is 1. The molecule has 8 nitrogen and oxygen atoms in total. The van der Waals surface area contributed by atoms with E-state index in [1.165, 1.54) is 15.0 Å². The van der Waals surface area contributed by atoms with Crippen molar-refractivity contribution >= 4 is 28.4 Å². The Morgan fingerprint density at radius 3 is 2.38 bits per heavy atom. The number of H-pyrrole nitrogens is 1. The topological polar surface area (TPSA) is 114 Å². The van der Waals surface area contributed by atoms with Crippen LogP contribution >= 0.6 is 0 Å². The molecule has 2 heterocycles. The minimum Gasteiger partial charge on any atom is -0.464 e. The zero-order chi connectivity index (χ0) is 25.3. The molecule has 0 spiro atoms. The number of carbonyl (C=O) groups excluding carboxylic acids is 1. The van der Waals surface area contributed by atoms with Crippen LogP contribution in [0.25, 0.3) is 11.0 Å². The molecule has 0 saturated heterocycles. The number of nitrogens with one attached hydrogen (secondary N) is 1. The van der Waals surface area contributed by atoms with Gasteiger partial charge in [-0.15, -0.1) is 0 Å². The van der Waals surface area contributed by atoms with Gasteiger partial charge in [-0.2, -0.15) is 0 Å². The molecule has 3 N–H and O–H groups in total. The Labute approximate surface area is 199 Å². The summed E-state index contributed by atoms with van der Waals surface area (Å²) in [6, 6.07) is 4.08. The molecule has 0 saturated carbocycles. The van der Waals surface area contributed by atoms with Crippen LogP contribution < -0.4 is 21.9 Å². The van der Waals surface area contributed by atoms with Crippen molar-refractivity contribution in [3.63, 3.8) is 0 Å². The maximum atomic E-state index is 13.6. The minimum absolute atomic E-state index is 0.00576. The molecule has 3 rings (SSSR count). The number of benzene rings is 1. The van der Waals surface area contributed by atoms with Crippen LogP contribution in [0.15, 0.2) is 32.4 Å². The van der Waals surface area contributed by atoms with Gasteiger partial charge in [-0.25, -0.2) is 4.79 Å². The maximum absolute atomic E-state index is 13.6. The van der Waals surface area contributed by atoms with E-state index in [2.05, 4.69) is 24.9 Å². The number of aromatic nitrogens is 2. The van der Waals surface area contributed by atoms with Crippen molar-refractivity contribution in [3.05, 3.63) is 55.9 Å². The maximum Gasteiger partial charge on any atom is 0.330 e. The van der Waals surface area contributed by atoms with E-state index in [9.17, 15) is 14.4 Å². The Balaban J connectivity index is 2.07. The number of rotatable bonds is 8. The van der Waals surface area contributed by atoms with Gasteiger partial charge in [0.05, 0.1) is 12.7 Å². The first kappa shape index (κ1) is 25.3. The predicted octanol–water partition coefficient (Wildman–Crippen LogP) is 4.18. The van der Waals surface area contributed by atoms with Gasteiger partial charge in [0.15, 0.2) is 5.69 Å². The number of amides is 1. The monoisotopic (exact) mass is 468 g/mol. The van der Waals surface area contributed by atoms with Crippen molar-refractivity contribution in [3.8, 4) is 0 Å². The van der Waals surface area contributed by atoms with Crippen LogP contribution in [-0.4, -0.2) is 22.0 Å². The van der Waals surface area contributed by atoms with Gasteiger partial charge in [-0.3, -0.25) is 19.1 Å². The average Bonchev–Trinajstić information content (AvgIpc) is 3.10. The number of aryl methyl sites for hydroxylation is 1. The Kier molecular flexibility index (Phi) is 7.38. The number of nitrogens with two attached hydrogens (primary N) is 1. The van der Waals surface area contributed by atoms with E-state index < -0.39 is 11.2 Å². The van der Waals surface area contributed by atoms with Crippen LogP contribution in [-0.2, 0) is 17.8 Å². The normalized spacial score (nSPS) is 11.8. The Morgan fingerprint density at radius 1 is 1.12 bits per heavy atom. The summed E-state index contributed by atoms with van der Waals surface area (Å²) in [5.74, 6) is 0.260. The lowest BCUT2D eigenvalue weighted by Crippen LogP contribution is -2.43. The molecule has 0 bridgehead atoms. The quantitative estimate of drug-likeness (QED) is 0.515. The number of hydrogen-bond donors (Lipinski definition) is 2. The summed E-state index contributed by atoms with van der Waals surface area (Å²) in [6.07, 6.45) is 1.65. The third-order valence-electron chi connectivity index (χ3n) is 5.89. The molecule has 3 aromatic rings. The number of hydrogen-bond acceptors (Lipinski definition) is 5. The molecule has 0 aliphatic carbocycles. The highest BCUT2D eigenvalue weighted by Crippen LogP contribution is 2.30. The number of anilines is 2. The second-order valence-corrected chi connectivity index (χ2v) is 10.2. The predicted molar refractivity (Wildman–Crippen MR) is 137 cm³/mol. The fraction of sp³-hybridized carbons (Fsp3) is 0.500. The molecule has 8 heteroatoms. The van der Waals surface area contributed by atoms with Crippen molar-refractivity contribution in [2.75, 3.05) is 17.2 Å². The van der Waals surface area contributed by atoms with E-state index >= 15 is 0 Å². The van der Waals surface area contributed by atoms with E-state index in [-0.39, 0.29) is 42.2 Å². The van der Waals surface area contributed by atoms with Crippen molar-refractivity contribution in [2.45, 2.75) is 67.3 Å². The van der Waals surface area contributed by atoms with E-state index in [1.807, 2.05) is 40.7 Å². The van der Waals surface area contributed by atoms with Crippen molar-refractivity contribution in [1.82, 2.24) is 9.55 Å². The van der Waals surface area contributed by atoms with Gasteiger partial charge in [-0.1, -0.05) is 41.5 Å². The van der Waals surface area contributed by atoms with Gasteiger partial charge in [-0.05, 0) is 47.9 Å². The molecule has 0 radical (unpaired) electrons. The van der Waals surface area contributed by atoms with Gasteiger partial charge >= 0.3 is 5.69 Å². The highest BCUT2D eigenvalue weighted by molar-refractivity contribution is 5.99. The van der Waals surface area contributed by atoms with E-state index in [4.69, 9.17) is 10.2 Å². The molecule has 184 valence electrons. The summed E-state index contributed by atoms with van der Waals surface area (Å²) >= 11 is 0. The van der Waals surface area contributed by atoms with Crippen LogP contribution in [0.4, 0.5) is 11.5 Å². The SMILES string of the molecule is Cc1cc2occ(CC(=O)N(CC(C)C)c3c(N)n(CC(C)C)c(=O)[nH]c3=O)c2cc1C(C)C. The van der Waals surface area contributed by atoms with Crippen LogP contribution in [0.3, 0.4) is 0 Å². The van der Waals surface area contributed by atoms with Gasteiger partial charge in [0, 0.05) is 24.0 Å². The molecule has 1 aromatic carbocycles. The van der Waals surface area contributed by atoms with Gasteiger partial charge < -0.3 is 15.1 Å². The molecule has 0 atom stereocenters. The summed E-state index contributed by atoms with van der Waals surface area (Å²) in [6.45, 7) is 14.7. The van der Waals surface area contributed by atoms with Gasteiger partial charge in [0.1, 0.15) is 11.4 Å². The molecule has 34 heavy (non-hydrogen) atoms. The Morgan fingerprint density at radius 2 is 1.79 bits per heavy atom. The minimum atomic E-state index is -0.661. The second-order valence-electron chi connectivity index (χ2n) is 10.2. The number of fused-ring (bicyclic) bond motifs is 1. The summed E-state index contributed by atoms with van der Waals surface area (Å²) in [7, 11) is 0. The fourth-order valence-corrected chi connectivity index (χ4v) is 4.33. The molecular weight excluding hydrogens is 432 g/mol. The lowest BCUT2D eigenvalue weighted by molar-refractivity contribution is -0.118. The van der Waals surface area contributed by atoms with Crippen LogP contribution in [0.2, 0.25) is 0 Å². The van der Waals surface area contributed by atoms with Crippen molar-refractivity contribution in [1.29, 1.82) is 0 Å². The Hall–Kier alpha value is -3.29. The smallest absolute Gasteiger partial charge is 0.330 e. The number of nitrogens with zero attached hydrogens (tertiary/aromatic N) is 2. The molecule has 2 aromatic heterocycles. The lowest BCUT2D eigenvalue weighted by atomic mass is 9.95. The zero-order valence-electron chi connectivity index (χ0n) is 21.2. The largest absolute Gasteiger partial charge is 0.464 e. The summed E-state index contributed by atoms with van der Waals surface area (Å²) in [5, 5.41) is 0.888. The van der Waals surface area contributed by atoms with E-state index in [0.717, 1.165) is 22.1 Å². The van der Waals surface area contributed by atoms with Crippen LogP contribution in [0, 0.1) is 18.8 Å². The molecule has 0 aliphatic rings. The molecule has 0 unspecified atom stereocenters. The first-order chi connectivity index (χ1) is 15.9. The van der Waals surface area contributed by atoms with Gasteiger partial charge in [0.25, 0.3) is 5.56 Å². The van der Waals surface area contributed by atoms with Crippen molar-refractivity contribution in [2.24, 2.45) is 11.8 Å². The van der Waals surface area contributed by atoms with Crippen LogP contribution in [0.1, 0.15) is 64.2 Å². The van der Waals surface area contributed by atoms with Crippen molar-refractivity contribution < 1.29 is 9.21 Å². The third-order valence-corrected chi connectivity index (χ3v) is 5.89. The third kappa shape index (κ3) is 5.11. The average molecular weight is 469 g/mol. The zero-order valence-corrected chi connectivity index (χ0v) is 21.2. The summed E-state index contributed by atoms with van der Waals surface area (Å²) in [4.78, 5) is 42.6. The highest BCUT2D eigenvalue weighted by Gasteiger charge is 2.26. The molecule has 0 fully saturated rings. The first-order valence-corrected chi connectivity index (χ1v) is 11.8. The molecular formula is C26H36N4O4. The number of carbonyl (C=O) groups is 1. The number of furan rings is 1. The Bertz CT molecular complexity index is 1310. The fourth-order valence-electron chi connectivity index (χ4n) is 4.33. The molecule has 0 aliphatic heterocycles. The van der Waals surface area contributed by atoms with Gasteiger partial charge in [0.2, 0.25) is 5.91 Å². The van der Waals surface area contributed by atoms with E-state index in [1.54, 1.807) is 6.26 Å². The lowest BCUT2D eigenvalue weighted by Gasteiger charge is -2.26. The highest BCUT2D eigenvalue weighted by atomic mass is 16.3. The van der Waals surface area contributed by atoms with E-state index in [0.29, 0.717) is 12.5 Å². The van der Waals surface area contributed by atoms with Crippen LogP contribution in [0.5, 0.6) is 0 Å². The first-order valence-electron chi connectivity index (χ1n) is 11.8. The summed E-state index contributed by atoms with van der Waals surface area (Å²) in [5.41, 5.74) is 8.91. The number of nitrogen functional groups attached to an aromatic ring is 1. The molecule has 1 amide bonds. The standard InChI is InChI=1S/C26H36N4O4/c1-14(2)11-29(23-24(27)30(12-15(3)4)26(33)28-25(23)32)22(31)9-18-13-34-21-8-17(7)19(16(5)6)10-20(18)21/h8,10,13-16H,9,11-12,27H2,1-7H3,(H,28,32,33).